The zero-order valence-corrected chi connectivity index (χ0v) is 14.7. The van der Waals surface area contributed by atoms with Crippen LogP contribution in [-0.4, -0.2) is 32.7 Å². The van der Waals surface area contributed by atoms with Crippen molar-refractivity contribution in [1.82, 2.24) is 20.2 Å². The molecule has 128 valence electrons. The minimum Gasteiger partial charge on any atom is -0.376 e. The summed E-state index contributed by atoms with van der Waals surface area (Å²) in [6, 6.07) is 12.4. The molecule has 2 N–H and O–H groups in total. The standard InChI is InChI=1S/C16H14Cl2N6O/c1-24-16(21-22-23-24)10-3-2-4-12(7-10)19-9-15(25)20-14-8-11(17)5-6-13(14)18/h2-8,19H,9H2,1H3,(H,20,25). The van der Waals surface area contributed by atoms with E-state index in [2.05, 4.69) is 26.2 Å². The largest absolute Gasteiger partial charge is 0.376 e. The lowest BCUT2D eigenvalue weighted by Crippen LogP contribution is -2.21. The molecule has 0 aliphatic carbocycles. The van der Waals surface area contributed by atoms with Crippen molar-refractivity contribution in [2.75, 3.05) is 17.2 Å². The van der Waals surface area contributed by atoms with E-state index in [1.165, 1.54) is 0 Å². The minimum atomic E-state index is -0.241. The number of halogens is 2. The molecule has 2 aromatic carbocycles. The lowest BCUT2D eigenvalue weighted by atomic mass is 10.2. The Morgan fingerprint density at radius 2 is 2.04 bits per heavy atom. The number of nitrogens with zero attached hydrogens (tertiary/aromatic N) is 4. The number of hydrogen-bond donors (Lipinski definition) is 2. The second-order valence-electron chi connectivity index (χ2n) is 5.23. The molecular formula is C16H14Cl2N6O. The Morgan fingerprint density at radius 3 is 2.80 bits per heavy atom. The van der Waals surface area contributed by atoms with Crippen LogP contribution < -0.4 is 10.6 Å². The fourth-order valence-electron chi connectivity index (χ4n) is 2.21. The van der Waals surface area contributed by atoms with Crippen LogP contribution in [0, 0.1) is 0 Å². The fraction of sp³-hybridized carbons (Fsp3) is 0.125. The number of hydrogen-bond acceptors (Lipinski definition) is 5. The predicted molar refractivity (Wildman–Crippen MR) is 97.8 cm³/mol. The summed E-state index contributed by atoms with van der Waals surface area (Å²) in [6.45, 7) is 0.0728. The van der Waals surface area contributed by atoms with Gasteiger partial charge < -0.3 is 10.6 Å². The average Bonchev–Trinajstić information content (AvgIpc) is 3.03. The first-order valence-corrected chi connectivity index (χ1v) is 8.10. The third kappa shape index (κ3) is 4.26. The van der Waals surface area contributed by atoms with Crippen molar-refractivity contribution in [2.24, 2.45) is 7.05 Å². The number of tetrazole rings is 1. The Labute approximate surface area is 153 Å². The van der Waals surface area contributed by atoms with Crippen LogP contribution >= 0.6 is 23.2 Å². The number of amides is 1. The molecule has 7 nitrogen and oxygen atoms in total. The minimum absolute atomic E-state index is 0.0728. The van der Waals surface area contributed by atoms with Gasteiger partial charge in [0.25, 0.3) is 0 Å². The summed E-state index contributed by atoms with van der Waals surface area (Å²) in [6.07, 6.45) is 0. The Balaban J connectivity index is 1.64. The van der Waals surface area contributed by atoms with E-state index in [4.69, 9.17) is 23.2 Å². The van der Waals surface area contributed by atoms with Gasteiger partial charge in [0.15, 0.2) is 5.82 Å². The maximum absolute atomic E-state index is 12.1. The van der Waals surface area contributed by atoms with Crippen LogP contribution in [0.2, 0.25) is 10.0 Å². The third-order valence-corrected chi connectivity index (χ3v) is 3.96. The molecule has 3 aromatic rings. The maximum atomic E-state index is 12.1. The highest BCUT2D eigenvalue weighted by atomic mass is 35.5. The highest BCUT2D eigenvalue weighted by molar-refractivity contribution is 6.35. The molecule has 1 amide bonds. The lowest BCUT2D eigenvalue weighted by molar-refractivity contribution is -0.114. The third-order valence-electron chi connectivity index (χ3n) is 3.40. The van der Waals surface area contributed by atoms with Crippen LogP contribution in [0.3, 0.4) is 0 Å². The monoisotopic (exact) mass is 376 g/mol. The summed E-state index contributed by atoms with van der Waals surface area (Å²) >= 11 is 11.9. The number of rotatable bonds is 5. The van der Waals surface area contributed by atoms with Crippen LogP contribution in [-0.2, 0) is 11.8 Å². The summed E-state index contributed by atoms with van der Waals surface area (Å²) in [5, 5.41) is 18.1. The number of benzene rings is 2. The normalized spacial score (nSPS) is 10.5. The number of aromatic nitrogens is 4. The van der Waals surface area contributed by atoms with Gasteiger partial charge in [0, 0.05) is 23.3 Å². The van der Waals surface area contributed by atoms with Gasteiger partial charge in [-0.25, -0.2) is 4.68 Å². The molecular weight excluding hydrogens is 363 g/mol. The van der Waals surface area contributed by atoms with E-state index in [-0.39, 0.29) is 12.5 Å². The molecule has 9 heteroatoms. The number of nitrogens with one attached hydrogen (secondary N) is 2. The number of carbonyl (C=O) groups excluding carboxylic acids is 1. The molecule has 1 aromatic heterocycles. The van der Waals surface area contributed by atoms with Crippen molar-refractivity contribution >= 4 is 40.5 Å². The highest BCUT2D eigenvalue weighted by Gasteiger charge is 2.09. The molecule has 0 radical (unpaired) electrons. The quantitative estimate of drug-likeness (QED) is 0.713. The molecule has 0 bridgehead atoms. The van der Waals surface area contributed by atoms with Gasteiger partial charge in [0.1, 0.15) is 0 Å². The zero-order valence-electron chi connectivity index (χ0n) is 13.2. The van der Waals surface area contributed by atoms with E-state index < -0.39 is 0 Å². The number of aryl methyl sites for hydroxylation is 1. The maximum Gasteiger partial charge on any atom is 0.243 e. The second-order valence-corrected chi connectivity index (χ2v) is 6.08. The van der Waals surface area contributed by atoms with E-state index >= 15 is 0 Å². The Morgan fingerprint density at radius 1 is 1.20 bits per heavy atom. The van der Waals surface area contributed by atoms with Crippen molar-refractivity contribution in [3.63, 3.8) is 0 Å². The molecule has 0 unspecified atom stereocenters. The summed E-state index contributed by atoms with van der Waals surface area (Å²) < 4.78 is 1.58. The molecule has 0 saturated heterocycles. The second kappa shape index (κ2) is 7.50. The van der Waals surface area contributed by atoms with Crippen LogP contribution in [0.25, 0.3) is 11.4 Å². The first kappa shape index (κ1) is 17.2. The van der Waals surface area contributed by atoms with Crippen molar-refractivity contribution in [2.45, 2.75) is 0 Å². The van der Waals surface area contributed by atoms with Crippen molar-refractivity contribution < 1.29 is 4.79 Å². The smallest absolute Gasteiger partial charge is 0.243 e. The van der Waals surface area contributed by atoms with Gasteiger partial charge >= 0.3 is 0 Å². The molecule has 0 aliphatic heterocycles. The van der Waals surface area contributed by atoms with Crippen LogP contribution in [0.5, 0.6) is 0 Å². The molecule has 1 heterocycles. The summed E-state index contributed by atoms with van der Waals surface area (Å²) in [5.74, 6) is 0.397. The average molecular weight is 377 g/mol. The first-order chi connectivity index (χ1) is 12.0. The van der Waals surface area contributed by atoms with Crippen molar-refractivity contribution in [1.29, 1.82) is 0 Å². The van der Waals surface area contributed by atoms with E-state index in [1.807, 2.05) is 24.3 Å². The van der Waals surface area contributed by atoms with E-state index in [0.29, 0.717) is 21.6 Å². The molecule has 0 aliphatic rings. The number of carbonyl (C=O) groups is 1. The fourth-order valence-corrected chi connectivity index (χ4v) is 2.55. The molecule has 0 fully saturated rings. The van der Waals surface area contributed by atoms with E-state index in [1.54, 1.807) is 29.9 Å². The molecule has 0 saturated carbocycles. The van der Waals surface area contributed by atoms with Gasteiger partial charge in [-0.1, -0.05) is 35.3 Å². The van der Waals surface area contributed by atoms with Crippen molar-refractivity contribution in [3.8, 4) is 11.4 Å². The van der Waals surface area contributed by atoms with Gasteiger partial charge in [0.2, 0.25) is 5.91 Å². The van der Waals surface area contributed by atoms with Gasteiger partial charge in [-0.2, -0.15) is 0 Å². The predicted octanol–water partition coefficient (Wildman–Crippen LogP) is 3.23. The van der Waals surface area contributed by atoms with Crippen LogP contribution in [0.4, 0.5) is 11.4 Å². The summed E-state index contributed by atoms with van der Waals surface area (Å²) in [5.41, 5.74) is 2.09. The van der Waals surface area contributed by atoms with Gasteiger partial charge in [-0.15, -0.1) is 5.10 Å². The van der Waals surface area contributed by atoms with E-state index in [0.717, 1.165) is 11.3 Å². The zero-order chi connectivity index (χ0) is 17.8. The molecule has 0 spiro atoms. The Bertz CT molecular complexity index is 911. The summed E-state index contributed by atoms with van der Waals surface area (Å²) in [4.78, 5) is 12.1. The van der Waals surface area contributed by atoms with Gasteiger partial charge in [-0.3, -0.25) is 4.79 Å². The molecule has 3 rings (SSSR count). The summed E-state index contributed by atoms with van der Waals surface area (Å²) in [7, 11) is 1.76. The van der Waals surface area contributed by atoms with Gasteiger partial charge in [-0.05, 0) is 40.8 Å². The Hall–Kier alpha value is -2.64. The topological polar surface area (TPSA) is 84.7 Å². The SMILES string of the molecule is Cn1nnnc1-c1cccc(NCC(=O)Nc2cc(Cl)ccc2Cl)c1. The van der Waals surface area contributed by atoms with Crippen molar-refractivity contribution in [3.05, 3.63) is 52.5 Å². The van der Waals surface area contributed by atoms with E-state index in [9.17, 15) is 4.79 Å². The van der Waals surface area contributed by atoms with Crippen LogP contribution in [0.1, 0.15) is 0 Å². The number of anilines is 2. The molecule has 25 heavy (non-hydrogen) atoms. The lowest BCUT2D eigenvalue weighted by Gasteiger charge is -2.10. The first-order valence-electron chi connectivity index (χ1n) is 7.34. The Kier molecular flexibility index (Phi) is 5.16. The highest BCUT2D eigenvalue weighted by Crippen LogP contribution is 2.25. The molecule has 0 atom stereocenters. The van der Waals surface area contributed by atoms with Crippen LogP contribution in [0.15, 0.2) is 42.5 Å². The van der Waals surface area contributed by atoms with Gasteiger partial charge in [0.05, 0.1) is 17.3 Å².